The highest BCUT2D eigenvalue weighted by Gasteiger charge is 2.30. The smallest absolute Gasteiger partial charge is 0.326 e. The number of nitrogens with two attached hydrogens (primary N) is 4. The number of hydrogen-bond acceptors (Lipinski definition) is 9. The average Bonchev–Trinajstić information content (AvgIpc) is 2.81. The Hall–Kier alpha value is -3.79. The van der Waals surface area contributed by atoms with Crippen LogP contribution in [0.5, 0.6) is 0 Å². The molecule has 0 aliphatic rings. The summed E-state index contributed by atoms with van der Waals surface area (Å²) in [7, 11) is 0. The maximum absolute atomic E-state index is 12.9. The molecule has 37 heavy (non-hydrogen) atoms. The number of carbonyl (C=O) groups excluding carboxylic acids is 5. The van der Waals surface area contributed by atoms with Crippen molar-refractivity contribution >= 4 is 41.5 Å². The van der Waals surface area contributed by atoms with Gasteiger partial charge in [-0.25, -0.2) is 4.79 Å². The van der Waals surface area contributed by atoms with Crippen LogP contribution in [0.2, 0.25) is 0 Å². The number of amides is 5. The molecule has 0 rings (SSSR count). The molecule has 0 spiro atoms. The lowest BCUT2D eigenvalue weighted by atomic mass is 10.0. The molecule has 0 radical (unpaired) electrons. The van der Waals surface area contributed by atoms with Gasteiger partial charge in [-0.15, -0.1) is 0 Å². The zero-order valence-corrected chi connectivity index (χ0v) is 20.4. The number of carboxylic acid groups (broad SMARTS) is 2. The Balaban J connectivity index is 5.59. The van der Waals surface area contributed by atoms with E-state index in [2.05, 4.69) is 16.0 Å². The van der Waals surface area contributed by atoms with Gasteiger partial charge in [-0.1, -0.05) is 0 Å². The SMILES string of the molecule is NCCCCC(NC(=O)C(CCC(N)=O)NC(=O)C(CCC(=O)O)NC(=O)C(N)CCC(N)=O)C(=O)O. The second-order valence-corrected chi connectivity index (χ2v) is 8.36. The van der Waals surface area contributed by atoms with E-state index in [1.54, 1.807) is 0 Å². The highest BCUT2D eigenvalue weighted by molar-refractivity contribution is 5.94. The second-order valence-electron chi connectivity index (χ2n) is 8.36. The molecule has 13 N–H and O–H groups in total. The van der Waals surface area contributed by atoms with E-state index in [9.17, 15) is 38.7 Å². The van der Waals surface area contributed by atoms with Crippen LogP contribution >= 0.6 is 0 Å². The maximum atomic E-state index is 12.9. The molecule has 16 heteroatoms. The molecule has 0 saturated carbocycles. The van der Waals surface area contributed by atoms with Crippen LogP contribution in [-0.2, 0) is 33.6 Å². The third-order valence-electron chi connectivity index (χ3n) is 5.19. The number of carboxylic acids is 2. The molecule has 0 bridgehead atoms. The number of primary amides is 2. The largest absolute Gasteiger partial charge is 0.481 e. The number of rotatable bonds is 20. The molecule has 16 nitrogen and oxygen atoms in total. The summed E-state index contributed by atoms with van der Waals surface area (Å²) < 4.78 is 0. The summed E-state index contributed by atoms with van der Waals surface area (Å²) in [6.07, 6.45) is -0.877. The number of nitrogens with one attached hydrogen (secondary N) is 3. The first kappa shape index (κ1) is 33.2. The molecule has 0 heterocycles. The molecular weight excluding hydrogens is 494 g/mol. The molecule has 210 valence electrons. The van der Waals surface area contributed by atoms with Gasteiger partial charge in [0, 0.05) is 19.3 Å². The highest BCUT2D eigenvalue weighted by Crippen LogP contribution is 2.06. The van der Waals surface area contributed by atoms with E-state index < -0.39 is 72.1 Å². The summed E-state index contributed by atoms with van der Waals surface area (Å²) in [4.78, 5) is 82.8. The van der Waals surface area contributed by atoms with Gasteiger partial charge in [0.1, 0.15) is 18.1 Å². The first-order valence-corrected chi connectivity index (χ1v) is 11.7. The van der Waals surface area contributed by atoms with E-state index in [0.29, 0.717) is 19.4 Å². The Kier molecular flexibility index (Phi) is 15.8. The maximum Gasteiger partial charge on any atom is 0.326 e. The van der Waals surface area contributed by atoms with Crippen LogP contribution in [0, 0.1) is 0 Å². The third kappa shape index (κ3) is 15.0. The van der Waals surface area contributed by atoms with E-state index in [-0.39, 0.29) is 38.5 Å². The molecule has 0 aromatic heterocycles. The Bertz CT molecular complexity index is 837. The monoisotopic (exact) mass is 531 g/mol. The van der Waals surface area contributed by atoms with Crippen molar-refractivity contribution in [3.05, 3.63) is 0 Å². The Morgan fingerprint density at radius 2 is 1.08 bits per heavy atom. The lowest BCUT2D eigenvalue weighted by Crippen LogP contribution is -2.57. The minimum atomic E-state index is -1.45. The quantitative estimate of drug-likeness (QED) is 0.0690. The molecule has 5 amide bonds. The molecule has 0 fully saturated rings. The van der Waals surface area contributed by atoms with Crippen molar-refractivity contribution in [1.29, 1.82) is 0 Å². The number of unbranched alkanes of at least 4 members (excludes halogenated alkanes) is 1. The van der Waals surface area contributed by atoms with Crippen molar-refractivity contribution < 1.29 is 43.8 Å². The summed E-state index contributed by atoms with van der Waals surface area (Å²) in [5, 5.41) is 25.3. The van der Waals surface area contributed by atoms with E-state index in [1.165, 1.54) is 0 Å². The van der Waals surface area contributed by atoms with Crippen LogP contribution < -0.4 is 38.9 Å². The molecule has 4 unspecified atom stereocenters. The van der Waals surface area contributed by atoms with Crippen LogP contribution in [-0.4, -0.2) is 82.4 Å². The summed E-state index contributed by atoms with van der Waals surface area (Å²) in [6.45, 7) is 0.327. The summed E-state index contributed by atoms with van der Waals surface area (Å²) in [6, 6.07) is -5.40. The van der Waals surface area contributed by atoms with Gasteiger partial charge < -0.3 is 49.1 Å². The highest BCUT2D eigenvalue weighted by atomic mass is 16.4. The van der Waals surface area contributed by atoms with Crippen molar-refractivity contribution in [3.63, 3.8) is 0 Å². The van der Waals surface area contributed by atoms with Gasteiger partial charge in [-0.3, -0.25) is 28.8 Å². The minimum Gasteiger partial charge on any atom is -0.481 e. The van der Waals surface area contributed by atoms with Gasteiger partial charge in [0.15, 0.2) is 0 Å². The lowest BCUT2D eigenvalue weighted by Gasteiger charge is -2.25. The topological polar surface area (TPSA) is 300 Å². The van der Waals surface area contributed by atoms with E-state index in [0.717, 1.165) is 0 Å². The van der Waals surface area contributed by atoms with Gasteiger partial charge in [-0.05, 0) is 45.1 Å². The van der Waals surface area contributed by atoms with Crippen molar-refractivity contribution in [2.45, 2.75) is 82.0 Å². The van der Waals surface area contributed by atoms with Crippen LogP contribution in [0.25, 0.3) is 0 Å². The molecule has 0 aliphatic carbocycles. The van der Waals surface area contributed by atoms with Gasteiger partial charge in [0.2, 0.25) is 29.5 Å². The van der Waals surface area contributed by atoms with E-state index in [1.807, 2.05) is 0 Å². The predicted molar refractivity (Wildman–Crippen MR) is 128 cm³/mol. The fraction of sp³-hybridized carbons (Fsp3) is 0.667. The Morgan fingerprint density at radius 3 is 1.54 bits per heavy atom. The fourth-order valence-corrected chi connectivity index (χ4v) is 3.09. The minimum absolute atomic E-state index is 0.0647. The molecule has 0 aromatic carbocycles. The fourth-order valence-electron chi connectivity index (χ4n) is 3.09. The first-order valence-electron chi connectivity index (χ1n) is 11.7. The molecular formula is C21H37N7O9. The first-order chi connectivity index (χ1) is 17.3. The van der Waals surface area contributed by atoms with Crippen LogP contribution in [0.1, 0.15) is 57.8 Å². The van der Waals surface area contributed by atoms with E-state index >= 15 is 0 Å². The number of aliphatic carboxylic acids is 2. The Morgan fingerprint density at radius 1 is 0.622 bits per heavy atom. The van der Waals surface area contributed by atoms with Gasteiger partial charge >= 0.3 is 11.9 Å². The summed E-state index contributed by atoms with van der Waals surface area (Å²) in [5.74, 6) is -6.84. The van der Waals surface area contributed by atoms with Crippen molar-refractivity contribution in [1.82, 2.24) is 16.0 Å². The molecule has 0 aromatic rings. The standard InChI is InChI=1S/C21H37N7O9/c22-10-2-1-3-14(21(36)37)28-20(35)12(5-8-16(25)30)27-19(34)13(6-9-17(31)32)26-18(33)11(23)4-7-15(24)29/h11-14H,1-10,22-23H2,(H2,24,29)(H2,25,30)(H,26,33)(H,27,34)(H,28,35)(H,31,32)(H,36,37). The zero-order chi connectivity index (χ0) is 28.5. The molecule has 0 aliphatic heterocycles. The van der Waals surface area contributed by atoms with Gasteiger partial charge in [0.05, 0.1) is 6.04 Å². The van der Waals surface area contributed by atoms with E-state index in [4.69, 9.17) is 28.0 Å². The predicted octanol–water partition coefficient (Wildman–Crippen LogP) is -3.62. The van der Waals surface area contributed by atoms with Crippen molar-refractivity contribution in [2.75, 3.05) is 6.54 Å². The normalized spacial score (nSPS) is 13.9. The summed E-state index contributed by atoms with van der Waals surface area (Å²) in [5.41, 5.74) is 21.2. The number of hydrogen-bond donors (Lipinski definition) is 9. The average molecular weight is 532 g/mol. The molecule has 0 saturated heterocycles. The van der Waals surface area contributed by atoms with Crippen LogP contribution in [0.4, 0.5) is 0 Å². The zero-order valence-electron chi connectivity index (χ0n) is 20.4. The van der Waals surface area contributed by atoms with Crippen LogP contribution in [0.3, 0.4) is 0 Å². The molecule has 4 atom stereocenters. The van der Waals surface area contributed by atoms with Gasteiger partial charge in [0.25, 0.3) is 0 Å². The second kappa shape index (κ2) is 17.6. The Labute approximate surface area is 213 Å². The lowest BCUT2D eigenvalue weighted by molar-refractivity contribution is -0.142. The number of carbonyl (C=O) groups is 7. The van der Waals surface area contributed by atoms with Crippen molar-refractivity contribution in [2.24, 2.45) is 22.9 Å². The summed E-state index contributed by atoms with van der Waals surface area (Å²) >= 11 is 0. The van der Waals surface area contributed by atoms with Crippen molar-refractivity contribution in [3.8, 4) is 0 Å². The third-order valence-corrected chi connectivity index (χ3v) is 5.19. The van der Waals surface area contributed by atoms with Gasteiger partial charge in [-0.2, -0.15) is 0 Å². The van der Waals surface area contributed by atoms with Crippen LogP contribution in [0.15, 0.2) is 0 Å².